The van der Waals surface area contributed by atoms with Crippen LogP contribution >= 0.6 is 0 Å². The van der Waals surface area contributed by atoms with E-state index in [1.54, 1.807) is 11.9 Å². The number of hydrogen-bond acceptors (Lipinski definition) is 3. The van der Waals surface area contributed by atoms with Crippen LogP contribution in [0.4, 0.5) is 0 Å². The van der Waals surface area contributed by atoms with Gasteiger partial charge >= 0.3 is 0 Å². The molecule has 1 aliphatic heterocycles. The van der Waals surface area contributed by atoms with E-state index < -0.39 is 5.54 Å². The van der Waals surface area contributed by atoms with E-state index in [9.17, 15) is 10.1 Å². The molecule has 4 nitrogen and oxygen atoms in total. The summed E-state index contributed by atoms with van der Waals surface area (Å²) in [5, 5.41) is 9.42. The molecule has 1 fully saturated rings. The average Bonchev–Trinajstić information content (AvgIpc) is 2.29. The lowest BCUT2D eigenvalue weighted by atomic mass is 9.87. The van der Waals surface area contributed by atoms with Gasteiger partial charge in [0.25, 0.3) is 0 Å². The third kappa shape index (κ3) is 3.19. The van der Waals surface area contributed by atoms with Crippen LogP contribution in [-0.4, -0.2) is 48.4 Å². The fourth-order valence-electron chi connectivity index (χ4n) is 2.24. The smallest absolute Gasteiger partial charge is 0.223 e. The average molecular weight is 237 g/mol. The van der Waals surface area contributed by atoms with E-state index in [1.165, 1.54) is 0 Å². The highest BCUT2D eigenvalue weighted by molar-refractivity contribution is 5.77. The van der Waals surface area contributed by atoms with Crippen molar-refractivity contribution in [3.63, 3.8) is 0 Å². The van der Waals surface area contributed by atoms with Gasteiger partial charge in [-0.3, -0.25) is 4.79 Å². The number of rotatable bonds is 3. The first-order chi connectivity index (χ1) is 7.91. The summed E-state index contributed by atoms with van der Waals surface area (Å²) in [6.45, 7) is 5.82. The van der Waals surface area contributed by atoms with Gasteiger partial charge in [0.1, 0.15) is 5.54 Å². The van der Waals surface area contributed by atoms with Gasteiger partial charge in [0.05, 0.1) is 6.07 Å². The lowest BCUT2D eigenvalue weighted by molar-refractivity contribution is -0.136. The van der Waals surface area contributed by atoms with E-state index in [1.807, 2.05) is 13.8 Å². The molecule has 0 aromatic rings. The molecule has 17 heavy (non-hydrogen) atoms. The van der Waals surface area contributed by atoms with Crippen LogP contribution in [0.25, 0.3) is 0 Å². The maximum atomic E-state index is 12.1. The first kappa shape index (κ1) is 14.0. The van der Waals surface area contributed by atoms with Gasteiger partial charge in [0.15, 0.2) is 0 Å². The number of nitriles is 1. The minimum absolute atomic E-state index is 0.0890. The van der Waals surface area contributed by atoms with Crippen LogP contribution in [0.1, 0.15) is 33.1 Å². The number of nitrogens with zero attached hydrogens (tertiary/aromatic N) is 3. The molecule has 0 unspecified atom stereocenters. The van der Waals surface area contributed by atoms with Crippen LogP contribution in [0.2, 0.25) is 0 Å². The van der Waals surface area contributed by atoms with Crippen LogP contribution in [-0.2, 0) is 4.79 Å². The predicted octanol–water partition coefficient (Wildman–Crippen LogP) is 1.48. The topological polar surface area (TPSA) is 47.3 Å². The summed E-state index contributed by atoms with van der Waals surface area (Å²) in [7, 11) is 3.83. The van der Waals surface area contributed by atoms with Crippen LogP contribution in [0.5, 0.6) is 0 Å². The monoisotopic (exact) mass is 237 g/mol. The Balaban J connectivity index is 2.73. The van der Waals surface area contributed by atoms with Gasteiger partial charge < -0.3 is 9.80 Å². The molecule has 0 atom stereocenters. The zero-order valence-electron chi connectivity index (χ0n) is 11.4. The predicted molar refractivity (Wildman–Crippen MR) is 67.3 cm³/mol. The molecule has 0 bridgehead atoms. The quantitative estimate of drug-likeness (QED) is 0.747. The van der Waals surface area contributed by atoms with E-state index in [0.717, 1.165) is 25.9 Å². The van der Waals surface area contributed by atoms with Gasteiger partial charge in [-0.05, 0) is 25.8 Å². The molecule has 1 amide bonds. The number of amides is 1. The zero-order valence-corrected chi connectivity index (χ0v) is 11.4. The summed E-state index contributed by atoms with van der Waals surface area (Å²) in [4.78, 5) is 15.9. The number of hydrogen-bond donors (Lipinski definition) is 0. The Morgan fingerprint density at radius 1 is 1.47 bits per heavy atom. The van der Waals surface area contributed by atoms with Crippen molar-refractivity contribution in [3.05, 3.63) is 0 Å². The highest BCUT2D eigenvalue weighted by Gasteiger charge is 2.39. The van der Waals surface area contributed by atoms with E-state index in [-0.39, 0.29) is 5.91 Å². The van der Waals surface area contributed by atoms with Gasteiger partial charge in [0, 0.05) is 26.6 Å². The number of carbonyl (C=O) groups excluding carboxylic acids is 1. The minimum atomic E-state index is -0.585. The molecule has 0 aliphatic carbocycles. The molecule has 0 radical (unpaired) electrons. The molecule has 1 rings (SSSR count). The van der Waals surface area contributed by atoms with Gasteiger partial charge in [-0.1, -0.05) is 13.8 Å². The van der Waals surface area contributed by atoms with Crippen molar-refractivity contribution in [2.24, 2.45) is 5.92 Å². The zero-order chi connectivity index (χ0) is 13.1. The maximum absolute atomic E-state index is 12.1. The molecule has 4 heteroatoms. The Bertz CT molecular complexity index is 311. The van der Waals surface area contributed by atoms with Gasteiger partial charge in [-0.2, -0.15) is 5.26 Å². The molecule has 0 spiro atoms. The Kier molecular flexibility index (Phi) is 4.53. The standard InChI is InChI=1S/C13H23N3O/c1-11(2)9-12(17)16(4)13(10-14)5-7-15(3)8-6-13/h11H,5-9H2,1-4H3. The van der Waals surface area contributed by atoms with Crippen molar-refractivity contribution in [3.8, 4) is 6.07 Å². The molecule has 96 valence electrons. The van der Waals surface area contributed by atoms with Gasteiger partial charge in [-0.15, -0.1) is 0 Å². The Labute approximate surface area is 104 Å². The second kappa shape index (κ2) is 5.50. The molecule has 0 saturated carbocycles. The normalized spacial score (nSPS) is 20.0. The Morgan fingerprint density at radius 3 is 2.41 bits per heavy atom. The summed E-state index contributed by atoms with van der Waals surface area (Å²) in [5.74, 6) is 0.429. The SMILES string of the molecule is CC(C)CC(=O)N(C)C1(C#N)CCN(C)CC1. The summed E-state index contributed by atoms with van der Waals surface area (Å²) < 4.78 is 0. The molecule has 0 aromatic heterocycles. The van der Waals surface area contributed by atoms with Gasteiger partial charge in [0.2, 0.25) is 5.91 Å². The summed E-state index contributed by atoms with van der Waals surface area (Å²) in [5.41, 5.74) is -0.585. The van der Waals surface area contributed by atoms with Crippen molar-refractivity contribution in [2.45, 2.75) is 38.6 Å². The second-order valence-corrected chi connectivity index (χ2v) is 5.50. The highest BCUT2D eigenvalue weighted by Crippen LogP contribution is 2.27. The molecule has 1 saturated heterocycles. The maximum Gasteiger partial charge on any atom is 0.223 e. The Hall–Kier alpha value is -1.08. The van der Waals surface area contributed by atoms with E-state index >= 15 is 0 Å². The second-order valence-electron chi connectivity index (χ2n) is 5.50. The first-order valence-corrected chi connectivity index (χ1v) is 6.28. The number of carbonyl (C=O) groups is 1. The molecular formula is C13H23N3O. The van der Waals surface area contributed by atoms with Crippen LogP contribution < -0.4 is 0 Å². The molecule has 1 heterocycles. The van der Waals surface area contributed by atoms with Gasteiger partial charge in [-0.25, -0.2) is 0 Å². The Morgan fingerprint density at radius 2 is 2.00 bits per heavy atom. The number of likely N-dealkylation sites (tertiary alicyclic amines) is 1. The van der Waals surface area contributed by atoms with Crippen molar-refractivity contribution >= 4 is 5.91 Å². The van der Waals surface area contributed by atoms with Crippen molar-refractivity contribution in [1.82, 2.24) is 9.80 Å². The lowest BCUT2D eigenvalue weighted by Crippen LogP contribution is -2.54. The third-order valence-electron chi connectivity index (χ3n) is 3.62. The van der Waals surface area contributed by atoms with Crippen molar-refractivity contribution in [1.29, 1.82) is 5.26 Å². The van der Waals surface area contributed by atoms with Crippen LogP contribution in [0, 0.1) is 17.2 Å². The summed E-state index contributed by atoms with van der Waals surface area (Å²) in [6.07, 6.45) is 2.02. The van der Waals surface area contributed by atoms with E-state index in [2.05, 4.69) is 18.0 Å². The van der Waals surface area contributed by atoms with E-state index in [0.29, 0.717) is 12.3 Å². The molecule has 0 aromatic carbocycles. The minimum Gasteiger partial charge on any atom is -0.327 e. The number of piperidine rings is 1. The third-order valence-corrected chi connectivity index (χ3v) is 3.62. The van der Waals surface area contributed by atoms with Crippen molar-refractivity contribution < 1.29 is 4.79 Å². The fraction of sp³-hybridized carbons (Fsp3) is 0.846. The summed E-state index contributed by atoms with van der Waals surface area (Å²) in [6, 6.07) is 2.37. The molecular weight excluding hydrogens is 214 g/mol. The first-order valence-electron chi connectivity index (χ1n) is 6.28. The van der Waals surface area contributed by atoms with Crippen LogP contribution in [0.15, 0.2) is 0 Å². The van der Waals surface area contributed by atoms with Crippen LogP contribution in [0.3, 0.4) is 0 Å². The summed E-state index contributed by atoms with van der Waals surface area (Å²) >= 11 is 0. The largest absolute Gasteiger partial charge is 0.327 e. The fourth-order valence-corrected chi connectivity index (χ4v) is 2.24. The van der Waals surface area contributed by atoms with Crippen molar-refractivity contribution in [2.75, 3.05) is 27.2 Å². The molecule has 1 aliphatic rings. The van der Waals surface area contributed by atoms with E-state index in [4.69, 9.17) is 0 Å². The lowest BCUT2D eigenvalue weighted by Gasteiger charge is -2.42. The highest BCUT2D eigenvalue weighted by atomic mass is 16.2. The molecule has 0 N–H and O–H groups in total.